The lowest BCUT2D eigenvalue weighted by Gasteiger charge is -2.11. The van der Waals surface area contributed by atoms with E-state index in [9.17, 15) is 17.9 Å². The average Bonchev–Trinajstić information content (AvgIpc) is 2.45. The van der Waals surface area contributed by atoms with Gasteiger partial charge in [-0.25, -0.2) is 12.8 Å². The van der Waals surface area contributed by atoms with Gasteiger partial charge in [-0.2, -0.15) is 0 Å². The second-order valence-corrected chi connectivity index (χ2v) is 7.73. The summed E-state index contributed by atoms with van der Waals surface area (Å²) in [4.78, 5) is 1.09. The van der Waals surface area contributed by atoms with Gasteiger partial charge in [0, 0.05) is 16.9 Å². The summed E-state index contributed by atoms with van der Waals surface area (Å²) in [5.74, 6) is 0.111. The first kappa shape index (κ1) is 16.0. The third-order valence-corrected chi connectivity index (χ3v) is 5.13. The Labute approximate surface area is 127 Å². The number of aliphatic hydroxyl groups excluding tert-OH is 1. The first-order valence-corrected chi connectivity index (χ1v) is 9.10. The summed E-state index contributed by atoms with van der Waals surface area (Å²) in [6, 6.07) is 12.2. The minimum atomic E-state index is -3.23. The molecule has 0 fully saturated rings. The maximum absolute atomic E-state index is 12.8. The van der Waals surface area contributed by atoms with Crippen molar-refractivity contribution < 1.29 is 17.9 Å². The molecule has 1 atom stereocenters. The quantitative estimate of drug-likeness (QED) is 0.858. The standard InChI is InChI=1S/C15H15FO3S2/c1-21(18,19)14-8-2-11(3-9-14)15(17)10-20-13-6-4-12(16)5-7-13/h2-9,15,17H,10H2,1H3. The summed E-state index contributed by atoms with van der Waals surface area (Å²) in [5, 5.41) is 10.1. The van der Waals surface area contributed by atoms with Crippen molar-refractivity contribution in [1.82, 2.24) is 0 Å². The molecular weight excluding hydrogens is 311 g/mol. The number of rotatable bonds is 5. The van der Waals surface area contributed by atoms with Gasteiger partial charge < -0.3 is 5.11 Å². The molecule has 21 heavy (non-hydrogen) atoms. The molecular formula is C15H15FO3S2. The Balaban J connectivity index is 2.00. The number of halogens is 1. The van der Waals surface area contributed by atoms with Crippen LogP contribution < -0.4 is 0 Å². The molecule has 2 aromatic carbocycles. The minimum absolute atomic E-state index is 0.227. The Morgan fingerprint density at radius 1 is 1.10 bits per heavy atom. The number of aliphatic hydroxyl groups is 1. The van der Waals surface area contributed by atoms with E-state index in [1.165, 1.54) is 36.0 Å². The lowest BCUT2D eigenvalue weighted by molar-refractivity contribution is 0.204. The molecule has 0 aliphatic carbocycles. The molecule has 1 N–H and O–H groups in total. The van der Waals surface area contributed by atoms with E-state index in [0.717, 1.165) is 11.2 Å². The first-order chi connectivity index (χ1) is 9.86. The molecule has 0 spiro atoms. The fourth-order valence-corrected chi connectivity index (χ4v) is 3.24. The molecule has 0 aromatic heterocycles. The predicted octanol–water partition coefficient (Wildman–Crippen LogP) is 3.05. The van der Waals surface area contributed by atoms with E-state index in [1.807, 2.05) is 0 Å². The molecule has 0 aliphatic heterocycles. The van der Waals surface area contributed by atoms with Crippen LogP contribution in [0.5, 0.6) is 0 Å². The van der Waals surface area contributed by atoms with Gasteiger partial charge in [0.15, 0.2) is 9.84 Å². The molecule has 6 heteroatoms. The summed E-state index contributed by atoms with van der Waals surface area (Å²) < 4.78 is 35.5. The Kier molecular flexibility index (Phi) is 5.03. The van der Waals surface area contributed by atoms with Crippen LogP contribution in [0.1, 0.15) is 11.7 Å². The van der Waals surface area contributed by atoms with Crippen molar-refractivity contribution in [2.75, 3.05) is 12.0 Å². The van der Waals surface area contributed by atoms with E-state index in [1.54, 1.807) is 24.3 Å². The number of sulfone groups is 1. The number of hydrogen-bond donors (Lipinski definition) is 1. The highest BCUT2D eigenvalue weighted by atomic mass is 32.2. The molecule has 112 valence electrons. The largest absolute Gasteiger partial charge is 0.388 e. The lowest BCUT2D eigenvalue weighted by atomic mass is 10.1. The average molecular weight is 326 g/mol. The smallest absolute Gasteiger partial charge is 0.175 e. The summed E-state index contributed by atoms with van der Waals surface area (Å²) in [7, 11) is -3.23. The van der Waals surface area contributed by atoms with Gasteiger partial charge in [-0.3, -0.25) is 0 Å². The topological polar surface area (TPSA) is 54.4 Å². The van der Waals surface area contributed by atoms with E-state index in [-0.39, 0.29) is 10.7 Å². The highest BCUT2D eigenvalue weighted by Crippen LogP contribution is 2.25. The Morgan fingerprint density at radius 2 is 1.67 bits per heavy atom. The lowest BCUT2D eigenvalue weighted by Crippen LogP contribution is -2.02. The van der Waals surface area contributed by atoms with E-state index in [0.29, 0.717) is 11.3 Å². The molecule has 1 unspecified atom stereocenters. The van der Waals surface area contributed by atoms with Crippen LogP contribution in [-0.4, -0.2) is 25.5 Å². The second kappa shape index (κ2) is 6.60. The maximum atomic E-state index is 12.8. The zero-order chi connectivity index (χ0) is 15.5. The van der Waals surface area contributed by atoms with Gasteiger partial charge in [-0.05, 0) is 42.0 Å². The van der Waals surface area contributed by atoms with Crippen LogP contribution in [-0.2, 0) is 9.84 Å². The van der Waals surface area contributed by atoms with Crippen molar-refractivity contribution in [2.45, 2.75) is 15.9 Å². The SMILES string of the molecule is CS(=O)(=O)c1ccc(C(O)CSc2ccc(F)cc2)cc1. The highest BCUT2D eigenvalue weighted by molar-refractivity contribution is 7.99. The van der Waals surface area contributed by atoms with Crippen molar-refractivity contribution in [3.8, 4) is 0 Å². The molecule has 0 saturated heterocycles. The summed E-state index contributed by atoms with van der Waals surface area (Å²) in [6.45, 7) is 0. The monoisotopic (exact) mass is 326 g/mol. The number of hydrogen-bond acceptors (Lipinski definition) is 4. The Morgan fingerprint density at radius 3 is 2.19 bits per heavy atom. The third-order valence-electron chi connectivity index (χ3n) is 2.91. The Bertz CT molecular complexity index is 695. The normalized spacial score (nSPS) is 13.1. The Hall–Kier alpha value is -1.37. The summed E-state index contributed by atoms with van der Waals surface area (Å²) in [5.41, 5.74) is 0.650. The molecule has 0 amide bonds. The summed E-state index contributed by atoms with van der Waals surface area (Å²) >= 11 is 1.41. The fraction of sp³-hybridized carbons (Fsp3) is 0.200. The van der Waals surface area contributed by atoms with Crippen LogP contribution in [0.2, 0.25) is 0 Å². The molecule has 0 saturated carbocycles. The number of benzene rings is 2. The van der Waals surface area contributed by atoms with Crippen LogP contribution in [0.15, 0.2) is 58.3 Å². The van der Waals surface area contributed by atoms with Crippen molar-refractivity contribution in [3.63, 3.8) is 0 Å². The van der Waals surface area contributed by atoms with Crippen LogP contribution in [0.4, 0.5) is 4.39 Å². The van der Waals surface area contributed by atoms with Crippen molar-refractivity contribution in [3.05, 3.63) is 59.9 Å². The molecule has 0 radical (unpaired) electrons. The van der Waals surface area contributed by atoms with Gasteiger partial charge >= 0.3 is 0 Å². The molecule has 0 heterocycles. The maximum Gasteiger partial charge on any atom is 0.175 e. The van der Waals surface area contributed by atoms with Crippen LogP contribution >= 0.6 is 11.8 Å². The van der Waals surface area contributed by atoms with Crippen molar-refractivity contribution >= 4 is 21.6 Å². The number of thioether (sulfide) groups is 1. The molecule has 3 nitrogen and oxygen atoms in total. The van der Waals surface area contributed by atoms with Gasteiger partial charge in [0.25, 0.3) is 0 Å². The fourth-order valence-electron chi connectivity index (χ4n) is 1.74. The van der Waals surface area contributed by atoms with E-state index >= 15 is 0 Å². The summed E-state index contributed by atoms with van der Waals surface area (Å²) in [6.07, 6.45) is 0.427. The molecule has 0 bridgehead atoms. The highest BCUT2D eigenvalue weighted by Gasteiger charge is 2.11. The molecule has 2 aromatic rings. The van der Waals surface area contributed by atoms with Crippen molar-refractivity contribution in [1.29, 1.82) is 0 Å². The van der Waals surface area contributed by atoms with Crippen LogP contribution in [0.3, 0.4) is 0 Å². The molecule has 2 rings (SSSR count). The van der Waals surface area contributed by atoms with E-state index < -0.39 is 15.9 Å². The first-order valence-electron chi connectivity index (χ1n) is 6.23. The van der Waals surface area contributed by atoms with Gasteiger partial charge in [-0.1, -0.05) is 12.1 Å². The third kappa shape index (κ3) is 4.56. The van der Waals surface area contributed by atoms with Crippen molar-refractivity contribution in [2.24, 2.45) is 0 Å². The van der Waals surface area contributed by atoms with Gasteiger partial charge in [0.2, 0.25) is 0 Å². The zero-order valence-corrected chi connectivity index (χ0v) is 13.0. The van der Waals surface area contributed by atoms with Gasteiger partial charge in [0.05, 0.1) is 11.0 Å². The van der Waals surface area contributed by atoms with Gasteiger partial charge in [-0.15, -0.1) is 11.8 Å². The van der Waals surface area contributed by atoms with Crippen LogP contribution in [0, 0.1) is 5.82 Å². The second-order valence-electron chi connectivity index (χ2n) is 4.62. The predicted molar refractivity (Wildman–Crippen MR) is 81.6 cm³/mol. The zero-order valence-electron chi connectivity index (χ0n) is 11.4. The van der Waals surface area contributed by atoms with E-state index in [4.69, 9.17) is 0 Å². The van der Waals surface area contributed by atoms with Crippen LogP contribution in [0.25, 0.3) is 0 Å². The van der Waals surface area contributed by atoms with E-state index in [2.05, 4.69) is 0 Å². The van der Waals surface area contributed by atoms with Gasteiger partial charge in [0.1, 0.15) is 5.82 Å². The molecule has 0 aliphatic rings. The minimum Gasteiger partial charge on any atom is -0.388 e.